The van der Waals surface area contributed by atoms with Crippen molar-refractivity contribution in [1.29, 1.82) is 0 Å². The van der Waals surface area contributed by atoms with E-state index >= 15 is 0 Å². The molecule has 0 spiro atoms. The molecule has 2 N–H and O–H groups in total. The minimum absolute atomic E-state index is 0.0618. The normalized spacial score (nSPS) is 11.2. The average Bonchev–Trinajstić information content (AvgIpc) is 2.29. The van der Waals surface area contributed by atoms with Gasteiger partial charge in [-0.3, -0.25) is 9.59 Å². The first-order valence-corrected chi connectivity index (χ1v) is 5.41. The van der Waals surface area contributed by atoms with Crippen LogP contribution in [0.25, 0.3) is 0 Å². The maximum absolute atomic E-state index is 12.3. The van der Waals surface area contributed by atoms with Gasteiger partial charge in [-0.05, 0) is 13.0 Å². The molecule has 0 aliphatic heterocycles. The van der Waals surface area contributed by atoms with Gasteiger partial charge in [-0.1, -0.05) is 0 Å². The summed E-state index contributed by atoms with van der Waals surface area (Å²) in [6, 6.07) is 0. The average molecular weight is 270 g/mol. The van der Waals surface area contributed by atoms with Gasteiger partial charge >= 0.3 is 12.1 Å². The Labute approximate surface area is 103 Å². The Hall–Kier alpha value is -1.31. The Bertz CT molecular complexity index is 282. The first-order chi connectivity index (χ1) is 8.30. The smallest absolute Gasteiger partial charge is 0.406 e. The van der Waals surface area contributed by atoms with Gasteiger partial charge in [0.25, 0.3) is 0 Å². The summed E-state index contributed by atoms with van der Waals surface area (Å²) in [6.45, 7) is -1.45. The van der Waals surface area contributed by atoms with E-state index in [0.29, 0.717) is 11.3 Å². The summed E-state index contributed by atoms with van der Waals surface area (Å²) in [5.41, 5.74) is 5.18. The van der Waals surface area contributed by atoms with E-state index in [1.165, 1.54) is 0 Å². The molecule has 0 unspecified atom stereocenters. The molecule has 0 radical (unpaired) electrons. The number of halogens is 3. The van der Waals surface area contributed by atoms with Crippen LogP contribution in [0.5, 0.6) is 0 Å². The quantitative estimate of drug-likeness (QED) is 0.690. The molecule has 1 amide bonds. The van der Waals surface area contributed by atoms with Gasteiger partial charge in [-0.25, -0.2) is 0 Å². The van der Waals surface area contributed by atoms with E-state index in [4.69, 9.17) is 5.73 Å². The van der Waals surface area contributed by atoms with Crippen molar-refractivity contribution in [2.75, 3.05) is 26.7 Å². The largest absolute Gasteiger partial charge is 0.469 e. The predicted molar refractivity (Wildman–Crippen MR) is 57.6 cm³/mol. The number of nitrogens with two attached hydrogens (primary N) is 1. The van der Waals surface area contributed by atoms with Crippen LogP contribution in [0.2, 0.25) is 0 Å². The van der Waals surface area contributed by atoms with E-state index in [1.54, 1.807) is 0 Å². The van der Waals surface area contributed by atoms with Gasteiger partial charge in [-0.2, -0.15) is 13.2 Å². The number of rotatable bonds is 7. The fourth-order valence-electron chi connectivity index (χ4n) is 1.25. The summed E-state index contributed by atoms with van der Waals surface area (Å²) >= 11 is 0. The number of ether oxygens (including phenoxy) is 1. The van der Waals surface area contributed by atoms with Gasteiger partial charge in [0.15, 0.2) is 0 Å². The highest BCUT2D eigenvalue weighted by Gasteiger charge is 2.32. The molecule has 18 heavy (non-hydrogen) atoms. The van der Waals surface area contributed by atoms with Gasteiger partial charge in [0, 0.05) is 13.0 Å². The number of esters is 1. The van der Waals surface area contributed by atoms with Crippen LogP contribution in [0.15, 0.2) is 0 Å². The van der Waals surface area contributed by atoms with Gasteiger partial charge in [-0.15, -0.1) is 0 Å². The zero-order valence-corrected chi connectivity index (χ0v) is 10.1. The van der Waals surface area contributed by atoms with Crippen molar-refractivity contribution < 1.29 is 27.5 Å². The molecule has 5 nitrogen and oxygen atoms in total. The lowest BCUT2D eigenvalue weighted by Gasteiger charge is -2.23. The highest BCUT2D eigenvalue weighted by molar-refractivity contribution is 5.77. The van der Waals surface area contributed by atoms with Gasteiger partial charge in [0.05, 0.1) is 13.5 Å². The topological polar surface area (TPSA) is 72.6 Å². The summed E-state index contributed by atoms with van der Waals surface area (Å²) in [4.78, 5) is 23.0. The number of methoxy groups -OCH3 is 1. The number of carbonyl (C=O) groups excluding carboxylic acids is 2. The Balaban J connectivity index is 4.41. The number of alkyl halides is 3. The van der Waals surface area contributed by atoms with Crippen LogP contribution in [0.1, 0.15) is 19.3 Å². The molecule has 0 aromatic heterocycles. The van der Waals surface area contributed by atoms with Crippen LogP contribution >= 0.6 is 0 Å². The minimum Gasteiger partial charge on any atom is -0.469 e. The van der Waals surface area contributed by atoms with Crippen molar-refractivity contribution in [2.24, 2.45) is 5.73 Å². The highest BCUT2D eigenvalue weighted by atomic mass is 19.4. The van der Waals surface area contributed by atoms with E-state index in [0.717, 1.165) is 7.11 Å². The van der Waals surface area contributed by atoms with Crippen molar-refractivity contribution in [3.8, 4) is 0 Å². The molecule has 0 aliphatic carbocycles. The summed E-state index contributed by atoms with van der Waals surface area (Å²) in [5.74, 6) is -1.32. The fourth-order valence-corrected chi connectivity index (χ4v) is 1.25. The molecule has 106 valence electrons. The molecular weight excluding hydrogens is 253 g/mol. The van der Waals surface area contributed by atoms with Gasteiger partial charge in [0.2, 0.25) is 5.91 Å². The maximum Gasteiger partial charge on any atom is 0.406 e. The summed E-state index contributed by atoms with van der Waals surface area (Å²) in [6.07, 6.45) is -4.51. The van der Waals surface area contributed by atoms with Crippen LogP contribution in [0.3, 0.4) is 0 Å². The summed E-state index contributed by atoms with van der Waals surface area (Å²) in [7, 11) is 1.13. The van der Waals surface area contributed by atoms with Crippen molar-refractivity contribution >= 4 is 11.9 Å². The third-order valence-electron chi connectivity index (χ3n) is 2.13. The highest BCUT2D eigenvalue weighted by Crippen LogP contribution is 2.17. The van der Waals surface area contributed by atoms with Crippen LogP contribution in [-0.2, 0) is 14.3 Å². The Morgan fingerprint density at radius 2 is 1.89 bits per heavy atom. The van der Waals surface area contributed by atoms with E-state index in [-0.39, 0.29) is 25.9 Å². The SMILES string of the molecule is COC(=O)CCN(CC(F)(F)F)C(=O)CCCN. The van der Waals surface area contributed by atoms with Crippen LogP contribution in [-0.4, -0.2) is 49.7 Å². The van der Waals surface area contributed by atoms with Crippen molar-refractivity contribution in [2.45, 2.75) is 25.4 Å². The lowest BCUT2D eigenvalue weighted by molar-refractivity contribution is -0.162. The monoisotopic (exact) mass is 270 g/mol. The molecule has 0 saturated heterocycles. The molecule has 0 fully saturated rings. The molecule has 0 aromatic rings. The molecule has 0 heterocycles. The van der Waals surface area contributed by atoms with Crippen LogP contribution < -0.4 is 5.73 Å². The van der Waals surface area contributed by atoms with Crippen LogP contribution in [0.4, 0.5) is 13.2 Å². The first-order valence-electron chi connectivity index (χ1n) is 5.41. The molecule has 0 saturated carbocycles. The number of hydrogen-bond acceptors (Lipinski definition) is 4. The van der Waals surface area contributed by atoms with E-state index in [2.05, 4.69) is 4.74 Å². The Kier molecular flexibility index (Phi) is 7.33. The number of carbonyl (C=O) groups is 2. The standard InChI is InChI=1S/C10H17F3N2O3/c1-18-9(17)4-6-15(7-10(11,12)13)8(16)3-2-5-14/h2-7,14H2,1H3. The molecule has 0 rings (SSSR count). The second-order valence-corrected chi connectivity index (χ2v) is 3.65. The van der Waals surface area contributed by atoms with Gasteiger partial charge < -0.3 is 15.4 Å². The van der Waals surface area contributed by atoms with Gasteiger partial charge in [0.1, 0.15) is 6.54 Å². The second kappa shape index (κ2) is 7.91. The molecule has 0 aromatic carbocycles. The molecule has 8 heteroatoms. The Morgan fingerprint density at radius 3 is 2.33 bits per heavy atom. The van der Waals surface area contributed by atoms with Crippen molar-refractivity contribution in [3.05, 3.63) is 0 Å². The first kappa shape index (κ1) is 16.7. The summed E-state index contributed by atoms with van der Waals surface area (Å²) in [5, 5.41) is 0. The number of amides is 1. The molecule has 0 bridgehead atoms. The minimum atomic E-state index is -4.49. The van der Waals surface area contributed by atoms with E-state index in [9.17, 15) is 22.8 Å². The van der Waals surface area contributed by atoms with E-state index < -0.39 is 24.6 Å². The Morgan fingerprint density at radius 1 is 1.28 bits per heavy atom. The zero-order chi connectivity index (χ0) is 14.2. The molecule has 0 atom stereocenters. The van der Waals surface area contributed by atoms with Crippen molar-refractivity contribution in [1.82, 2.24) is 4.90 Å². The third kappa shape index (κ3) is 7.88. The number of hydrogen-bond donors (Lipinski definition) is 1. The van der Waals surface area contributed by atoms with Crippen molar-refractivity contribution in [3.63, 3.8) is 0 Å². The molecular formula is C10H17F3N2O3. The number of nitrogens with zero attached hydrogens (tertiary/aromatic N) is 1. The third-order valence-corrected chi connectivity index (χ3v) is 2.13. The lowest BCUT2D eigenvalue weighted by Crippen LogP contribution is -2.40. The predicted octanol–water partition coefficient (Wildman–Crippen LogP) is 0.679. The van der Waals surface area contributed by atoms with E-state index in [1.807, 2.05) is 0 Å². The maximum atomic E-state index is 12.3. The second-order valence-electron chi connectivity index (χ2n) is 3.65. The fraction of sp³-hybridized carbons (Fsp3) is 0.800. The summed E-state index contributed by atoms with van der Waals surface area (Å²) < 4.78 is 41.1. The van der Waals surface area contributed by atoms with Crippen LogP contribution in [0, 0.1) is 0 Å². The zero-order valence-electron chi connectivity index (χ0n) is 10.1. The lowest BCUT2D eigenvalue weighted by atomic mass is 10.2. The molecule has 0 aliphatic rings.